The number of aromatic nitrogens is 1. The van der Waals surface area contributed by atoms with E-state index in [9.17, 15) is 17.6 Å². The van der Waals surface area contributed by atoms with Gasteiger partial charge in [-0.3, -0.25) is 0 Å². The Morgan fingerprint density at radius 1 is 1.33 bits per heavy atom. The first-order chi connectivity index (χ1) is 5.54. The molecule has 0 aromatic carbocycles. The maximum atomic E-state index is 12.5. The van der Waals surface area contributed by atoms with Gasteiger partial charge in [0, 0.05) is 6.20 Å². The molecule has 66 valence electrons. The summed E-state index contributed by atoms with van der Waals surface area (Å²) in [4.78, 5) is 2.76. The van der Waals surface area contributed by atoms with Crippen LogP contribution in [0, 0.1) is 11.8 Å². The van der Waals surface area contributed by atoms with Crippen molar-refractivity contribution in [3.8, 4) is 0 Å². The third-order valence-corrected chi connectivity index (χ3v) is 1.28. The van der Waals surface area contributed by atoms with Gasteiger partial charge in [0.25, 0.3) is 12.4 Å². The average molecular weight is 180 g/mol. The number of hydrogen-bond acceptors (Lipinski definition) is 2. The second-order valence-electron chi connectivity index (χ2n) is 2.03. The van der Waals surface area contributed by atoms with E-state index in [1.807, 2.05) is 0 Å². The molecule has 0 unspecified atom stereocenters. The first-order valence-electron chi connectivity index (χ1n) is 2.91. The van der Waals surface area contributed by atoms with Crippen LogP contribution < -0.4 is 5.73 Å². The fourth-order valence-corrected chi connectivity index (χ4v) is 0.664. The van der Waals surface area contributed by atoms with Crippen LogP contribution in [-0.4, -0.2) is 4.98 Å². The fraction of sp³-hybridized carbons (Fsp3) is 0.167. The third kappa shape index (κ3) is 1.32. The Morgan fingerprint density at radius 3 is 2.42 bits per heavy atom. The molecule has 0 atom stereocenters. The molecular formula is C6H4F4N2. The standard InChI is InChI=1S/C6H4F4N2/c7-3-4(11)2(5(8)9)1-12-6(3)10/h1,5H,(H2,11,12). The van der Waals surface area contributed by atoms with Gasteiger partial charge in [-0.1, -0.05) is 0 Å². The maximum Gasteiger partial charge on any atom is 0.267 e. The minimum absolute atomic E-state index is 0.512. The van der Waals surface area contributed by atoms with Gasteiger partial charge in [0.2, 0.25) is 5.82 Å². The zero-order chi connectivity index (χ0) is 9.30. The Balaban J connectivity index is 3.27. The van der Waals surface area contributed by atoms with Crippen molar-refractivity contribution in [1.29, 1.82) is 0 Å². The van der Waals surface area contributed by atoms with Crippen LogP contribution in [0.1, 0.15) is 12.0 Å². The summed E-state index contributed by atoms with van der Waals surface area (Å²) in [7, 11) is 0. The van der Waals surface area contributed by atoms with Crippen molar-refractivity contribution >= 4 is 5.69 Å². The quantitative estimate of drug-likeness (QED) is 0.529. The van der Waals surface area contributed by atoms with E-state index in [1.54, 1.807) is 0 Å². The van der Waals surface area contributed by atoms with E-state index in [0.717, 1.165) is 0 Å². The summed E-state index contributed by atoms with van der Waals surface area (Å²) in [5.74, 6) is -3.01. The number of rotatable bonds is 1. The van der Waals surface area contributed by atoms with Crippen molar-refractivity contribution in [2.45, 2.75) is 6.43 Å². The zero-order valence-corrected chi connectivity index (χ0v) is 5.69. The van der Waals surface area contributed by atoms with Crippen molar-refractivity contribution in [3.05, 3.63) is 23.5 Å². The number of hydrogen-bond donors (Lipinski definition) is 1. The molecule has 0 aliphatic carbocycles. The molecule has 0 fully saturated rings. The Labute approximate surface area is 65.0 Å². The summed E-state index contributed by atoms with van der Waals surface area (Å²) in [6.07, 6.45) is -2.44. The molecule has 0 aliphatic rings. The van der Waals surface area contributed by atoms with Gasteiger partial charge in [-0.05, 0) is 0 Å². The van der Waals surface area contributed by atoms with Gasteiger partial charge in [-0.25, -0.2) is 13.8 Å². The summed E-state index contributed by atoms with van der Waals surface area (Å²) in [5, 5.41) is 0. The van der Waals surface area contributed by atoms with Gasteiger partial charge in [0.15, 0.2) is 0 Å². The fourth-order valence-electron chi connectivity index (χ4n) is 0.664. The normalized spacial score (nSPS) is 10.8. The Hall–Kier alpha value is -1.33. The molecule has 0 amide bonds. The summed E-state index contributed by atoms with van der Waals surface area (Å²) in [6.45, 7) is 0. The molecule has 1 aromatic heterocycles. The van der Waals surface area contributed by atoms with Gasteiger partial charge in [0.1, 0.15) is 0 Å². The number of nitrogens with zero attached hydrogens (tertiary/aromatic N) is 1. The number of nitrogen functional groups attached to an aromatic ring is 1. The lowest BCUT2D eigenvalue weighted by Crippen LogP contribution is -2.03. The predicted octanol–water partition coefficient (Wildman–Crippen LogP) is 1.88. The van der Waals surface area contributed by atoms with E-state index < -0.39 is 29.4 Å². The maximum absolute atomic E-state index is 12.5. The van der Waals surface area contributed by atoms with Crippen LogP contribution in [0.2, 0.25) is 0 Å². The lowest BCUT2D eigenvalue weighted by molar-refractivity contribution is 0.151. The smallest absolute Gasteiger partial charge is 0.267 e. The van der Waals surface area contributed by atoms with E-state index in [4.69, 9.17) is 5.73 Å². The molecule has 0 aliphatic heterocycles. The molecule has 2 N–H and O–H groups in total. The number of nitrogens with two attached hydrogens (primary N) is 1. The Morgan fingerprint density at radius 2 is 1.92 bits per heavy atom. The monoisotopic (exact) mass is 180 g/mol. The van der Waals surface area contributed by atoms with Crippen molar-refractivity contribution in [3.63, 3.8) is 0 Å². The van der Waals surface area contributed by atoms with Crippen molar-refractivity contribution in [2.75, 3.05) is 5.73 Å². The summed E-state index contributed by atoms with van der Waals surface area (Å²) >= 11 is 0. The number of pyridine rings is 1. The first-order valence-corrected chi connectivity index (χ1v) is 2.91. The molecule has 0 spiro atoms. The molecule has 1 aromatic rings. The third-order valence-electron chi connectivity index (χ3n) is 1.28. The van der Waals surface area contributed by atoms with Gasteiger partial charge in [-0.2, -0.15) is 8.78 Å². The molecule has 2 nitrogen and oxygen atoms in total. The van der Waals surface area contributed by atoms with Crippen LogP contribution in [0.5, 0.6) is 0 Å². The highest BCUT2D eigenvalue weighted by atomic mass is 19.3. The highest BCUT2D eigenvalue weighted by Crippen LogP contribution is 2.26. The van der Waals surface area contributed by atoms with Gasteiger partial charge in [0.05, 0.1) is 11.3 Å². The highest BCUT2D eigenvalue weighted by Gasteiger charge is 2.17. The van der Waals surface area contributed by atoms with Gasteiger partial charge >= 0.3 is 0 Å². The highest BCUT2D eigenvalue weighted by molar-refractivity contribution is 5.46. The molecule has 0 radical (unpaired) electrons. The minimum atomic E-state index is -2.95. The van der Waals surface area contributed by atoms with Crippen LogP contribution in [0.15, 0.2) is 6.20 Å². The molecule has 12 heavy (non-hydrogen) atoms. The van der Waals surface area contributed by atoms with Gasteiger partial charge < -0.3 is 5.73 Å². The topological polar surface area (TPSA) is 38.9 Å². The van der Waals surface area contributed by atoms with E-state index >= 15 is 0 Å². The molecule has 1 rings (SSSR count). The van der Waals surface area contributed by atoms with Crippen molar-refractivity contribution < 1.29 is 17.6 Å². The molecule has 0 saturated carbocycles. The first kappa shape index (κ1) is 8.76. The molecule has 0 saturated heterocycles. The zero-order valence-electron chi connectivity index (χ0n) is 5.69. The Kier molecular flexibility index (Phi) is 2.16. The predicted molar refractivity (Wildman–Crippen MR) is 33.5 cm³/mol. The molecule has 0 bridgehead atoms. The summed E-state index contributed by atoms with van der Waals surface area (Å²) in [6, 6.07) is 0. The van der Waals surface area contributed by atoms with Crippen LogP contribution >= 0.6 is 0 Å². The number of anilines is 1. The van der Waals surface area contributed by atoms with Crippen molar-refractivity contribution in [1.82, 2.24) is 4.98 Å². The van der Waals surface area contributed by atoms with E-state index in [0.29, 0.717) is 6.20 Å². The van der Waals surface area contributed by atoms with Crippen LogP contribution in [-0.2, 0) is 0 Å². The molecular weight excluding hydrogens is 176 g/mol. The number of alkyl halides is 2. The molecule has 1 heterocycles. The second kappa shape index (κ2) is 2.96. The summed E-state index contributed by atoms with van der Waals surface area (Å²) < 4.78 is 48.5. The second-order valence-corrected chi connectivity index (χ2v) is 2.03. The largest absolute Gasteiger partial charge is 0.396 e. The van der Waals surface area contributed by atoms with Crippen LogP contribution in [0.3, 0.4) is 0 Å². The van der Waals surface area contributed by atoms with Crippen LogP contribution in [0.4, 0.5) is 23.2 Å². The lowest BCUT2D eigenvalue weighted by atomic mass is 10.2. The summed E-state index contributed by atoms with van der Waals surface area (Å²) in [5.41, 5.74) is 3.16. The number of halogens is 4. The van der Waals surface area contributed by atoms with Gasteiger partial charge in [-0.15, -0.1) is 0 Å². The van der Waals surface area contributed by atoms with Crippen LogP contribution in [0.25, 0.3) is 0 Å². The molecule has 6 heteroatoms. The SMILES string of the molecule is Nc1c(C(F)F)cnc(F)c1F. The van der Waals surface area contributed by atoms with E-state index in [1.165, 1.54) is 0 Å². The Bertz CT molecular complexity index is 300. The van der Waals surface area contributed by atoms with E-state index in [-0.39, 0.29) is 0 Å². The average Bonchev–Trinajstić information content (AvgIpc) is 2.00. The van der Waals surface area contributed by atoms with E-state index in [2.05, 4.69) is 4.98 Å². The van der Waals surface area contributed by atoms with Crippen molar-refractivity contribution in [2.24, 2.45) is 0 Å². The lowest BCUT2D eigenvalue weighted by Gasteiger charge is -2.03. The minimum Gasteiger partial charge on any atom is -0.396 e.